The van der Waals surface area contributed by atoms with Gasteiger partial charge in [0.05, 0.1) is 6.54 Å². The van der Waals surface area contributed by atoms with Crippen LogP contribution in [0.25, 0.3) is 0 Å². The molecule has 3 heterocycles. The van der Waals surface area contributed by atoms with E-state index in [4.69, 9.17) is 4.42 Å². The third-order valence-electron chi connectivity index (χ3n) is 3.22. The van der Waals surface area contributed by atoms with Crippen LogP contribution in [-0.2, 0) is 13.6 Å². The molecule has 0 aliphatic carbocycles. The number of hydrogen-bond donors (Lipinski definition) is 1. The highest BCUT2D eigenvalue weighted by atomic mass is 32.1. The molecule has 1 N–H and O–H groups in total. The lowest BCUT2D eigenvalue weighted by Crippen LogP contribution is -2.23. The van der Waals surface area contributed by atoms with Gasteiger partial charge < -0.3 is 8.98 Å². The van der Waals surface area contributed by atoms with Crippen LogP contribution in [0.2, 0.25) is 0 Å². The highest BCUT2D eigenvalue weighted by Gasteiger charge is 2.19. The van der Waals surface area contributed by atoms with Gasteiger partial charge in [0.2, 0.25) is 0 Å². The summed E-state index contributed by atoms with van der Waals surface area (Å²) in [6.07, 6.45) is 3.79. The summed E-state index contributed by atoms with van der Waals surface area (Å²) in [5.74, 6) is 2.89. The molecule has 20 heavy (non-hydrogen) atoms. The number of furan rings is 1. The van der Waals surface area contributed by atoms with Crippen LogP contribution >= 0.6 is 11.3 Å². The fraction of sp³-hybridized carbons (Fsp3) is 0.267. The first kappa shape index (κ1) is 13.1. The minimum absolute atomic E-state index is 0.0837. The summed E-state index contributed by atoms with van der Waals surface area (Å²) in [6, 6.07) is 8.27. The highest BCUT2D eigenvalue weighted by Crippen LogP contribution is 2.25. The molecule has 0 aromatic carbocycles. The van der Waals surface area contributed by atoms with Gasteiger partial charge in [-0.15, -0.1) is 11.3 Å². The van der Waals surface area contributed by atoms with Gasteiger partial charge in [0.15, 0.2) is 0 Å². The molecule has 0 radical (unpaired) electrons. The van der Waals surface area contributed by atoms with Crippen molar-refractivity contribution < 1.29 is 4.42 Å². The van der Waals surface area contributed by atoms with Crippen molar-refractivity contribution in [2.24, 2.45) is 7.05 Å². The molecule has 1 unspecified atom stereocenters. The predicted molar refractivity (Wildman–Crippen MR) is 79.7 cm³/mol. The van der Waals surface area contributed by atoms with Gasteiger partial charge in [-0.05, 0) is 30.5 Å². The number of imidazole rings is 1. The Hall–Kier alpha value is -1.85. The Morgan fingerprint density at radius 1 is 1.40 bits per heavy atom. The SMILES string of the molecule is Cc1ccc(CNC(c2cccs2)c2nccn2C)o1. The summed E-state index contributed by atoms with van der Waals surface area (Å²) in [5, 5.41) is 5.62. The number of thiophene rings is 1. The van der Waals surface area contributed by atoms with Crippen LogP contribution in [0.4, 0.5) is 0 Å². The lowest BCUT2D eigenvalue weighted by Gasteiger charge is -2.16. The van der Waals surface area contributed by atoms with Gasteiger partial charge in [-0.3, -0.25) is 5.32 Å². The summed E-state index contributed by atoms with van der Waals surface area (Å²) in [7, 11) is 2.02. The zero-order chi connectivity index (χ0) is 13.9. The first-order chi connectivity index (χ1) is 9.74. The van der Waals surface area contributed by atoms with Gasteiger partial charge in [0.1, 0.15) is 23.4 Å². The van der Waals surface area contributed by atoms with Crippen molar-refractivity contribution in [3.05, 3.63) is 64.3 Å². The van der Waals surface area contributed by atoms with Crippen LogP contribution in [0.5, 0.6) is 0 Å². The maximum absolute atomic E-state index is 5.61. The molecule has 3 aromatic heterocycles. The second kappa shape index (κ2) is 5.64. The van der Waals surface area contributed by atoms with Crippen molar-refractivity contribution in [2.75, 3.05) is 0 Å². The number of rotatable bonds is 5. The Bertz CT molecular complexity index is 669. The summed E-state index contributed by atoms with van der Waals surface area (Å²) in [4.78, 5) is 5.72. The predicted octanol–water partition coefficient (Wildman–Crippen LogP) is 3.26. The van der Waals surface area contributed by atoms with Crippen molar-refractivity contribution >= 4 is 11.3 Å². The minimum atomic E-state index is 0.0837. The fourth-order valence-electron chi connectivity index (χ4n) is 2.21. The topological polar surface area (TPSA) is 43.0 Å². The average molecular weight is 287 g/mol. The Labute approximate surface area is 122 Å². The monoisotopic (exact) mass is 287 g/mol. The second-order valence-corrected chi connectivity index (χ2v) is 5.72. The molecule has 0 amide bonds. The van der Waals surface area contributed by atoms with E-state index in [1.165, 1.54) is 4.88 Å². The molecule has 0 saturated carbocycles. The van der Waals surface area contributed by atoms with E-state index in [9.17, 15) is 0 Å². The van der Waals surface area contributed by atoms with E-state index < -0.39 is 0 Å². The quantitative estimate of drug-likeness (QED) is 0.783. The third kappa shape index (κ3) is 2.69. The van der Waals surface area contributed by atoms with Crippen molar-refractivity contribution in [3.63, 3.8) is 0 Å². The molecule has 0 aliphatic heterocycles. The highest BCUT2D eigenvalue weighted by molar-refractivity contribution is 7.10. The standard InChI is InChI=1S/C15H17N3OS/c1-11-5-6-12(19-11)10-17-14(13-4-3-9-20-13)15-16-7-8-18(15)2/h3-9,14,17H,10H2,1-2H3. The number of aryl methyl sites for hydroxylation is 2. The zero-order valence-corrected chi connectivity index (χ0v) is 12.4. The van der Waals surface area contributed by atoms with E-state index in [0.29, 0.717) is 6.54 Å². The first-order valence-corrected chi connectivity index (χ1v) is 7.41. The molecule has 1 atom stereocenters. The molecule has 0 fully saturated rings. The van der Waals surface area contributed by atoms with Crippen LogP contribution in [-0.4, -0.2) is 9.55 Å². The normalized spacial score (nSPS) is 12.7. The van der Waals surface area contributed by atoms with Crippen molar-refractivity contribution in [2.45, 2.75) is 19.5 Å². The molecule has 4 nitrogen and oxygen atoms in total. The van der Waals surface area contributed by atoms with E-state index in [2.05, 4.69) is 27.8 Å². The molecular weight excluding hydrogens is 270 g/mol. The average Bonchev–Trinajstić information content (AvgIpc) is 3.14. The maximum atomic E-state index is 5.61. The zero-order valence-electron chi connectivity index (χ0n) is 11.5. The number of hydrogen-bond acceptors (Lipinski definition) is 4. The molecule has 3 aromatic rings. The Morgan fingerprint density at radius 3 is 2.90 bits per heavy atom. The summed E-state index contributed by atoms with van der Waals surface area (Å²) in [5.41, 5.74) is 0. The molecule has 104 valence electrons. The number of nitrogens with one attached hydrogen (secondary N) is 1. The van der Waals surface area contributed by atoms with Crippen LogP contribution in [0.1, 0.15) is 28.3 Å². The smallest absolute Gasteiger partial charge is 0.131 e. The van der Waals surface area contributed by atoms with E-state index in [-0.39, 0.29) is 6.04 Å². The number of nitrogens with zero attached hydrogens (tertiary/aromatic N) is 2. The Kier molecular flexibility index (Phi) is 3.71. The molecule has 0 bridgehead atoms. The van der Waals surface area contributed by atoms with Crippen molar-refractivity contribution in [3.8, 4) is 0 Å². The lowest BCUT2D eigenvalue weighted by molar-refractivity contribution is 0.445. The van der Waals surface area contributed by atoms with E-state index in [1.807, 2.05) is 43.1 Å². The van der Waals surface area contributed by atoms with Crippen LogP contribution in [0, 0.1) is 6.92 Å². The van der Waals surface area contributed by atoms with Crippen LogP contribution < -0.4 is 5.32 Å². The minimum Gasteiger partial charge on any atom is -0.465 e. The molecule has 3 rings (SSSR count). The molecule has 5 heteroatoms. The van der Waals surface area contributed by atoms with Gasteiger partial charge in [0.25, 0.3) is 0 Å². The fourth-order valence-corrected chi connectivity index (χ4v) is 3.01. The van der Waals surface area contributed by atoms with Gasteiger partial charge in [0, 0.05) is 24.3 Å². The van der Waals surface area contributed by atoms with Gasteiger partial charge in [-0.1, -0.05) is 6.07 Å². The van der Waals surface area contributed by atoms with Crippen LogP contribution in [0.15, 0.2) is 46.5 Å². The summed E-state index contributed by atoms with van der Waals surface area (Å²) >= 11 is 1.73. The summed E-state index contributed by atoms with van der Waals surface area (Å²) < 4.78 is 7.66. The molecule has 0 aliphatic rings. The maximum Gasteiger partial charge on any atom is 0.131 e. The van der Waals surface area contributed by atoms with E-state index in [0.717, 1.165) is 17.3 Å². The van der Waals surface area contributed by atoms with Gasteiger partial charge >= 0.3 is 0 Å². The second-order valence-electron chi connectivity index (χ2n) is 4.74. The largest absolute Gasteiger partial charge is 0.465 e. The van der Waals surface area contributed by atoms with E-state index >= 15 is 0 Å². The third-order valence-corrected chi connectivity index (χ3v) is 4.16. The van der Waals surface area contributed by atoms with Gasteiger partial charge in [-0.25, -0.2) is 4.98 Å². The summed E-state index contributed by atoms with van der Waals surface area (Å²) in [6.45, 7) is 2.64. The first-order valence-electron chi connectivity index (χ1n) is 6.53. The van der Waals surface area contributed by atoms with E-state index in [1.54, 1.807) is 11.3 Å². The van der Waals surface area contributed by atoms with Crippen molar-refractivity contribution in [1.29, 1.82) is 0 Å². The Balaban J connectivity index is 1.81. The number of aromatic nitrogens is 2. The van der Waals surface area contributed by atoms with Gasteiger partial charge in [-0.2, -0.15) is 0 Å². The molecular formula is C15H17N3OS. The Morgan fingerprint density at radius 2 is 2.30 bits per heavy atom. The molecule has 0 spiro atoms. The van der Waals surface area contributed by atoms with Crippen molar-refractivity contribution in [1.82, 2.24) is 14.9 Å². The van der Waals surface area contributed by atoms with Crippen LogP contribution in [0.3, 0.4) is 0 Å². The lowest BCUT2D eigenvalue weighted by atomic mass is 10.2. The molecule has 0 saturated heterocycles.